The van der Waals surface area contributed by atoms with Crippen LogP contribution in [-0.4, -0.2) is 58.1 Å². The Balaban J connectivity index is 2.68. The Morgan fingerprint density at radius 3 is 2.00 bits per heavy atom. The summed E-state index contributed by atoms with van der Waals surface area (Å²) < 4.78 is 11.2. The number of rotatable bonds is 14. The lowest BCUT2D eigenvalue weighted by atomic mass is 9.95. The molecule has 0 aliphatic carbocycles. The Labute approximate surface area is 281 Å². The van der Waals surface area contributed by atoms with Crippen molar-refractivity contribution in [2.75, 3.05) is 0 Å². The SMILES string of the molecule is C=Cc1cccc(C(C(=O)NC(Cc2ccccc2)C(=O)OC(C)(C)C)N(C(=O)C(CC(C)C)NC(=O)OC(C)(C)C)C(C)CC)c1. The highest BCUT2D eigenvalue weighted by Gasteiger charge is 2.40. The molecule has 9 heteroatoms. The number of carbonyl (C=O) groups excluding carboxylic acids is 4. The summed E-state index contributed by atoms with van der Waals surface area (Å²) in [6.45, 7) is 22.1. The predicted molar refractivity (Wildman–Crippen MR) is 186 cm³/mol. The highest BCUT2D eigenvalue weighted by molar-refractivity contribution is 5.94. The normalized spacial score (nSPS) is 14.3. The summed E-state index contributed by atoms with van der Waals surface area (Å²) >= 11 is 0. The minimum absolute atomic E-state index is 0.0384. The minimum atomic E-state index is -1.15. The van der Waals surface area contributed by atoms with Crippen molar-refractivity contribution in [3.8, 4) is 0 Å². The quantitative estimate of drug-likeness (QED) is 0.213. The van der Waals surface area contributed by atoms with Crippen molar-refractivity contribution in [2.45, 2.75) is 124 Å². The lowest BCUT2D eigenvalue weighted by Crippen LogP contribution is -2.57. The fourth-order valence-electron chi connectivity index (χ4n) is 5.08. The Morgan fingerprint density at radius 1 is 0.851 bits per heavy atom. The van der Waals surface area contributed by atoms with Gasteiger partial charge in [-0.3, -0.25) is 9.59 Å². The van der Waals surface area contributed by atoms with E-state index in [1.165, 1.54) is 4.90 Å². The number of amides is 3. The lowest BCUT2D eigenvalue weighted by molar-refractivity contribution is -0.159. The van der Waals surface area contributed by atoms with Crippen molar-refractivity contribution in [2.24, 2.45) is 5.92 Å². The summed E-state index contributed by atoms with van der Waals surface area (Å²) in [5.41, 5.74) is 0.578. The van der Waals surface area contributed by atoms with Crippen LogP contribution in [0, 0.1) is 5.92 Å². The average molecular weight is 650 g/mol. The molecule has 4 atom stereocenters. The molecule has 0 aliphatic heterocycles. The molecule has 258 valence electrons. The number of nitrogens with zero attached hydrogens (tertiary/aromatic N) is 1. The standard InChI is InChI=1S/C38H55N3O6/c1-12-26(5)41(34(43)30(22-25(3)4)40-36(45)47-38(9,10)11)32(29-21-17-20-27(13-2)23-29)33(42)39-31(35(44)46-37(6,7)8)24-28-18-15-14-16-19-28/h13-21,23,25-26,30-32H,2,12,22,24H2,1,3-11H3,(H,39,42)(H,40,45). The van der Waals surface area contributed by atoms with Gasteiger partial charge in [-0.2, -0.15) is 0 Å². The van der Waals surface area contributed by atoms with Crippen LogP contribution in [0.1, 0.15) is 105 Å². The zero-order chi connectivity index (χ0) is 35.5. The van der Waals surface area contributed by atoms with Gasteiger partial charge in [-0.05, 0) is 90.0 Å². The molecule has 0 saturated heterocycles. The highest BCUT2D eigenvalue weighted by Crippen LogP contribution is 2.29. The van der Waals surface area contributed by atoms with Crippen LogP contribution in [-0.2, 0) is 30.3 Å². The molecule has 4 unspecified atom stereocenters. The molecule has 2 aromatic rings. The fourth-order valence-corrected chi connectivity index (χ4v) is 5.08. The molecule has 3 amide bonds. The van der Waals surface area contributed by atoms with Crippen molar-refractivity contribution in [3.05, 3.63) is 77.9 Å². The molecular formula is C38H55N3O6. The number of benzene rings is 2. The number of nitrogens with one attached hydrogen (secondary N) is 2. The molecule has 47 heavy (non-hydrogen) atoms. The van der Waals surface area contributed by atoms with E-state index in [0.717, 1.165) is 11.1 Å². The van der Waals surface area contributed by atoms with Crippen molar-refractivity contribution in [1.29, 1.82) is 0 Å². The smallest absolute Gasteiger partial charge is 0.408 e. The summed E-state index contributed by atoms with van der Waals surface area (Å²) in [5.74, 6) is -1.53. The Bertz CT molecular complexity index is 1360. The molecule has 9 nitrogen and oxygen atoms in total. The third-order valence-electron chi connectivity index (χ3n) is 7.30. The topological polar surface area (TPSA) is 114 Å². The van der Waals surface area contributed by atoms with Gasteiger partial charge in [0.1, 0.15) is 29.3 Å². The van der Waals surface area contributed by atoms with E-state index in [9.17, 15) is 19.2 Å². The van der Waals surface area contributed by atoms with Gasteiger partial charge in [0.25, 0.3) is 0 Å². The third kappa shape index (κ3) is 12.9. The highest BCUT2D eigenvalue weighted by atomic mass is 16.6. The first-order valence-corrected chi connectivity index (χ1v) is 16.5. The molecule has 2 aromatic carbocycles. The summed E-state index contributed by atoms with van der Waals surface area (Å²) in [6.07, 6.45) is 1.98. The van der Waals surface area contributed by atoms with Crippen molar-refractivity contribution >= 4 is 30.0 Å². The zero-order valence-corrected chi connectivity index (χ0v) is 29.9. The van der Waals surface area contributed by atoms with Gasteiger partial charge in [-0.25, -0.2) is 9.59 Å². The maximum absolute atomic E-state index is 14.6. The molecule has 0 bridgehead atoms. The summed E-state index contributed by atoms with van der Waals surface area (Å²) in [5, 5.41) is 5.72. The second-order valence-corrected chi connectivity index (χ2v) is 14.4. The Morgan fingerprint density at radius 2 is 1.47 bits per heavy atom. The molecule has 2 rings (SSSR count). The van der Waals surface area contributed by atoms with E-state index in [0.29, 0.717) is 18.4 Å². The van der Waals surface area contributed by atoms with Crippen LogP contribution in [0.5, 0.6) is 0 Å². The monoisotopic (exact) mass is 649 g/mol. The van der Waals surface area contributed by atoms with E-state index in [4.69, 9.17) is 9.47 Å². The lowest BCUT2D eigenvalue weighted by Gasteiger charge is -2.39. The minimum Gasteiger partial charge on any atom is -0.458 e. The van der Waals surface area contributed by atoms with E-state index < -0.39 is 59.2 Å². The first kappa shape index (κ1) is 39.0. The molecule has 0 aliphatic rings. The number of hydrogen-bond donors (Lipinski definition) is 2. The largest absolute Gasteiger partial charge is 0.458 e. The van der Waals surface area contributed by atoms with Gasteiger partial charge in [0, 0.05) is 12.5 Å². The molecule has 0 saturated carbocycles. The van der Waals surface area contributed by atoms with E-state index in [-0.39, 0.29) is 12.3 Å². The molecule has 0 heterocycles. The van der Waals surface area contributed by atoms with Crippen LogP contribution < -0.4 is 10.6 Å². The summed E-state index contributed by atoms with van der Waals surface area (Å²) in [6, 6.07) is 13.0. The van der Waals surface area contributed by atoms with Crippen molar-refractivity contribution < 1.29 is 28.7 Å². The van der Waals surface area contributed by atoms with Gasteiger partial charge in [-0.15, -0.1) is 0 Å². The predicted octanol–water partition coefficient (Wildman–Crippen LogP) is 7.01. The first-order valence-electron chi connectivity index (χ1n) is 16.5. The molecule has 0 aromatic heterocycles. The van der Waals surface area contributed by atoms with Crippen LogP contribution in [0.4, 0.5) is 4.79 Å². The van der Waals surface area contributed by atoms with E-state index in [1.54, 1.807) is 65.8 Å². The second-order valence-electron chi connectivity index (χ2n) is 14.4. The van der Waals surface area contributed by atoms with Crippen molar-refractivity contribution in [1.82, 2.24) is 15.5 Å². The number of carbonyl (C=O) groups is 4. The summed E-state index contributed by atoms with van der Waals surface area (Å²) in [7, 11) is 0. The number of ether oxygens (including phenoxy) is 2. The van der Waals surface area contributed by atoms with Crippen LogP contribution >= 0.6 is 0 Å². The van der Waals surface area contributed by atoms with E-state index in [1.807, 2.05) is 64.1 Å². The van der Waals surface area contributed by atoms with Gasteiger partial charge >= 0.3 is 12.1 Å². The second kappa shape index (κ2) is 17.1. The number of hydrogen-bond acceptors (Lipinski definition) is 6. The first-order chi connectivity index (χ1) is 21.8. The van der Waals surface area contributed by atoms with Gasteiger partial charge in [0.2, 0.25) is 11.8 Å². The third-order valence-corrected chi connectivity index (χ3v) is 7.30. The van der Waals surface area contributed by atoms with Crippen LogP contribution in [0.2, 0.25) is 0 Å². The summed E-state index contributed by atoms with van der Waals surface area (Å²) in [4.78, 5) is 57.2. The van der Waals surface area contributed by atoms with Crippen molar-refractivity contribution in [3.63, 3.8) is 0 Å². The fraction of sp³-hybridized carbons (Fsp3) is 0.526. The maximum Gasteiger partial charge on any atom is 0.408 e. The average Bonchev–Trinajstić information content (AvgIpc) is 2.96. The van der Waals surface area contributed by atoms with E-state index in [2.05, 4.69) is 17.2 Å². The van der Waals surface area contributed by atoms with Crippen LogP contribution in [0.25, 0.3) is 6.08 Å². The Hall–Kier alpha value is -4.14. The maximum atomic E-state index is 14.6. The van der Waals surface area contributed by atoms with E-state index >= 15 is 0 Å². The van der Waals surface area contributed by atoms with Crippen LogP contribution in [0.15, 0.2) is 61.2 Å². The number of esters is 1. The molecule has 0 spiro atoms. The zero-order valence-electron chi connectivity index (χ0n) is 29.9. The van der Waals surface area contributed by atoms with Crippen LogP contribution in [0.3, 0.4) is 0 Å². The number of alkyl carbamates (subject to hydrolysis) is 1. The van der Waals surface area contributed by atoms with Gasteiger partial charge in [0.15, 0.2) is 0 Å². The molecule has 0 radical (unpaired) electrons. The molecule has 2 N–H and O–H groups in total. The Kier molecular flexibility index (Phi) is 14.2. The van der Waals surface area contributed by atoms with Gasteiger partial charge < -0.3 is 25.0 Å². The van der Waals surface area contributed by atoms with Gasteiger partial charge in [-0.1, -0.05) is 82.0 Å². The van der Waals surface area contributed by atoms with Gasteiger partial charge in [0.05, 0.1) is 0 Å². The molecule has 0 fully saturated rings. The molecular weight excluding hydrogens is 594 g/mol.